The Balaban J connectivity index is -0.000000319. The summed E-state index contributed by atoms with van der Waals surface area (Å²) in [4.78, 5) is 10.4. The van der Waals surface area contributed by atoms with E-state index in [4.69, 9.17) is 11.5 Å². The van der Waals surface area contributed by atoms with Crippen molar-refractivity contribution in [3.8, 4) is 12.3 Å². The molecule has 1 atom stereocenters. The van der Waals surface area contributed by atoms with E-state index in [9.17, 15) is 22.8 Å². The van der Waals surface area contributed by atoms with Gasteiger partial charge in [-0.15, -0.1) is 12.2 Å². The number of carbonyl (C=O) groups excluding carboxylic acids is 1. The zero-order valence-electron chi connectivity index (χ0n) is 31.6. The molecule has 1 unspecified atom stereocenters. The molecule has 0 aliphatic heterocycles. The van der Waals surface area contributed by atoms with Gasteiger partial charge < -0.3 is 10.2 Å². The van der Waals surface area contributed by atoms with Crippen LogP contribution < -0.4 is 0 Å². The summed E-state index contributed by atoms with van der Waals surface area (Å²) in [5.74, 6) is 2.41. The van der Waals surface area contributed by atoms with E-state index in [0.717, 1.165) is 49.4 Å². The second kappa shape index (κ2) is 28.9. The van der Waals surface area contributed by atoms with Gasteiger partial charge in [-0.05, 0) is 126 Å². The Morgan fingerprint density at radius 3 is 1.78 bits per heavy atom. The SMILES string of the molecule is C#CC(C)(O)C/C=C1\C(C)=CCCC1(C)C.C=C(C)/C=C/O.CC(=C=CC/C(C)=C/C=O)C/C=C1\C(C)=CCCC1(C)C.FB(F)F.[Ac].[Ac]. The van der Waals surface area contributed by atoms with Crippen molar-refractivity contribution in [2.24, 2.45) is 10.8 Å². The Morgan fingerprint density at radius 2 is 1.43 bits per heavy atom. The van der Waals surface area contributed by atoms with Crippen molar-refractivity contribution in [1.82, 2.24) is 0 Å². The Bertz CT molecular complexity index is 1320. The van der Waals surface area contributed by atoms with Crippen LogP contribution in [0.5, 0.6) is 0 Å². The minimum atomic E-state index is -3.67. The third-order valence-corrected chi connectivity index (χ3v) is 7.86. The number of hydrogen-bond acceptors (Lipinski definition) is 3. The summed E-state index contributed by atoms with van der Waals surface area (Å²) in [6.45, 7) is 24.6. The summed E-state index contributed by atoms with van der Waals surface area (Å²) >= 11 is 0. The maximum absolute atomic E-state index is 10.4. The molecular weight excluding hydrogens is 1050 g/mol. The second-order valence-corrected chi connectivity index (χ2v) is 13.6. The molecule has 9 heteroatoms. The van der Waals surface area contributed by atoms with Gasteiger partial charge in [0.25, 0.3) is 0 Å². The predicted octanol–water partition coefficient (Wildman–Crippen LogP) is 11.7. The van der Waals surface area contributed by atoms with Crippen LogP contribution in [0.3, 0.4) is 0 Å². The van der Waals surface area contributed by atoms with Crippen LogP contribution in [0.2, 0.25) is 0 Å². The molecule has 0 saturated carbocycles. The molecule has 0 saturated heterocycles. The van der Waals surface area contributed by atoms with Crippen molar-refractivity contribution in [3.63, 3.8) is 0 Å². The van der Waals surface area contributed by atoms with Gasteiger partial charge in [0.2, 0.25) is 0 Å². The quantitative estimate of drug-likeness (QED) is 0.0484. The van der Waals surface area contributed by atoms with Crippen LogP contribution in [0, 0.1) is 111 Å². The smallest absolute Gasteiger partial charge is 0.516 e. The van der Waals surface area contributed by atoms with E-state index in [1.165, 1.54) is 46.8 Å². The minimum Gasteiger partial charge on any atom is -0.516 e. The Morgan fingerprint density at radius 1 is 0.980 bits per heavy atom. The maximum atomic E-state index is 10.4. The van der Waals surface area contributed by atoms with E-state index < -0.39 is 13.1 Å². The molecule has 2 aliphatic rings. The summed E-state index contributed by atoms with van der Waals surface area (Å²) in [5.41, 5.74) is 11.5. The van der Waals surface area contributed by atoms with Gasteiger partial charge in [-0.2, -0.15) is 0 Å². The van der Waals surface area contributed by atoms with Crippen LogP contribution >= 0.6 is 0 Å². The molecule has 2 radical (unpaired) electrons. The van der Waals surface area contributed by atoms with Gasteiger partial charge in [-0.3, -0.25) is 17.7 Å². The molecule has 2 N–H and O–H groups in total. The largest absolute Gasteiger partial charge is 0.762 e. The van der Waals surface area contributed by atoms with E-state index >= 15 is 0 Å². The second-order valence-electron chi connectivity index (χ2n) is 13.6. The van der Waals surface area contributed by atoms with Crippen molar-refractivity contribution in [2.45, 2.75) is 120 Å². The third-order valence-electron chi connectivity index (χ3n) is 7.86. The van der Waals surface area contributed by atoms with Crippen molar-refractivity contribution in [2.75, 3.05) is 0 Å². The number of hydrogen-bond donors (Lipinski definition) is 2. The van der Waals surface area contributed by atoms with E-state index in [0.29, 0.717) is 6.42 Å². The zero-order valence-corrected chi connectivity index (χ0v) is 41.1. The van der Waals surface area contributed by atoms with Gasteiger partial charge in [-0.25, -0.2) is 0 Å². The number of halogens is 3. The number of carbonyl (C=O) groups is 1. The Labute approximate surface area is 368 Å². The molecule has 0 spiro atoms. The summed E-state index contributed by atoms with van der Waals surface area (Å²) in [5, 5.41) is 17.8. The number of aliphatic hydroxyl groups is 2. The van der Waals surface area contributed by atoms with E-state index in [1.54, 1.807) is 13.0 Å². The van der Waals surface area contributed by atoms with Gasteiger partial charge >= 0.3 is 7.54 Å². The van der Waals surface area contributed by atoms with Crippen molar-refractivity contribution in [3.05, 3.63) is 100 Å². The fourth-order valence-electron chi connectivity index (χ4n) is 5.10. The van der Waals surface area contributed by atoms with Crippen LogP contribution in [-0.2, 0) is 4.79 Å². The van der Waals surface area contributed by atoms with Crippen LogP contribution in [0.4, 0.5) is 12.9 Å². The van der Waals surface area contributed by atoms with Gasteiger partial charge in [0, 0.05) is 94.5 Å². The average Bonchev–Trinajstić information content (AvgIpc) is 2.92. The first kappa shape index (κ1) is 55.2. The molecule has 0 amide bonds. The topological polar surface area (TPSA) is 57.5 Å². The Hall–Kier alpha value is -0.572. The van der Waals surface area contributed by atoms with Crippen LogP contribution in [-0.4, -0.2) is 29.6 Å². The number of terminal acetylenes is 1. The molecule has 0 aromatic carbocycles. The molecule has 3 nitrogen and oxygen atoms in total. The third kappa shape index (κ3) is 27.7. The van der Waals surface area contributed by atoms with Gasteiger partial charge in [0.15, 0.2) is 0 Å². The molecule has 0 fully saturated rings. The monoisotopic (exact) mass is 1110 g/mol. The van der Waals surface area contributed by atoms with Gasteiger partial charge in [0.05, 0.1) is 6.26 Å². The summed E-state index contributed by atoms with van der Waals surface area (Å²) < 4.78 is 29.0. The first-order valence-corrected chi connectivity index (χ1v) is 16.0. The summed E-state index contributed by atoms with van der Waals surface area (Å²) in [6, 6.07) is 0. The average molecular weight is 1110 g/mol. The number of aliphatic hydroxyl groups excluding tert-OH is 1. The van der Waals surface area contributed by atoms with Crippen LogP contribution in [0.1, 0.15) is 114 Å². The molecule has 2 rings (SSSR count). The van der Waals surface area contributed by atoms with E-state index in [2.05, 4.69) is 91.0 Å². The first-order chi connectivity index (χ1) is 21.6. The zero-order chi connectivity index (χ0) is 36.8. The fourth-order valence-corrected chi connectivity index (χ4v) is 5.10. The van der Waals surface area contributed by atoms with E-state index in [1.807, 2.05) is 19.9 Å². The molecule has 0 heterocycles. The number of aldehydes is 1. The van der Waals surface area contributed by atoms with Crippen LogP contribution in [0.25, 0.3) is 0 Å². The van der Waals surface area contributed by atoms with Crippen molar-refractivity contribution < 1.29 is 116 Å². The van der Waals surface area contributed by atoms with Gasteiger partial charge in [-0.1, -0.05) is 86.8 Å². The molecular formula is C40H58Ac2BF3O3. The molecule has 2 aliphatic carbocycles. The normalized spacial score (nSPS) is 18.6. The molecule has 0 aromatic heterocycles. The molecule has 0 bridgehead atoms. The predicted molar refractivity (Wildman–Crippen MR) is 196 cm³/mol. The minimum absolute atomic E-state index is 0. The maximum Gasteiger partial charge on any atom is 0.762 e. The van der Waals surface area contributed by atoms with Gasteiger partial charge in [0.1, 0.15) is 11.9 Å². The Kier molecular flexibility index (Phi) is 32.6. The molecule has 49 heavy (non-hydrogen) atoms. The molecule has 0 aromatic rings. The number of rotatable bonds is 8. The summed E-state index contributed by atoms with van der Waals surface area (Å²) in [6.07, 6.45) is 28.3. The standard InChI is InChI=1S/C20H28O.C15H22O.C5H8O.2Ac.BF3/c1-16(8-6-9-17(2)13-15-21)11-12-19-18(3)10-7-14-20(19,4)5;1-6-15(5,16)11-9-13-12(2)8-7-10-14(13,3)4;1-5(2)3-4-6;;;2-1(3)4/h6,10,12-13,15H,7,9,11,14H2,1-5H3;1,8-9,16H,7,10-11H2,2-5H3;3-4,6H,1H2,2H3;;;/b17-13+,19-12+;13-9+;4-3+;;;. The van der Waals surface area contributed by atoms with Crippen LogP contribution in [0.15, 0.2) is 100 Å². The summed E-state index contributed by atoms with van der Waals surface area (Å²) in [7, 11) is -3.67. The molecule has 266 valence electrons. The van der Waals surface area contributed by atoms with Crippen molar-refractivity contribution in [1.29, 1.82) is 0 Å². The first-order valence-electron chi connectivity index (χ1n) is 16.0. The van der Waals surface area contributed by atoms with Crippen molar-refractivity contribution >= 4 is 13.8 Å². The van der Waals surface area contributed by atoms with E-state index in [-0.39, 0.29) is 99.0 Å². The number of allylic oxidation sites excluding steroid dienone is 12. The fraction of sp³-hybridized carbons (Fsp3) is 0.500.